The minimum Gasteiger partial charge on any atom is -0.439 e. The Labute approximate surface area is 281 Å². The number of carbonyl (C=O) groups excluding carboxylic acids is 2. The molecule has 1 fully saturated rings. The summed E-state index contributed by atoms with van der Waals surface area (Å²) in [6.07, 6.45) is 4.57. The van der Waals surface area contributed by atoms with Crippen LogP contribution in [0.15, 0.2) is 91.1 Å². The van der Waals surface area contributed by atoms with Crippen molar-refractivity contribution in [3.63, 3.8) is 0 Å². The number of halogens is 1. The molecule has 1 aliphatic rings. The van der Waals surface area contributed by atoms with Crippen molar-refractivity contribution in [2.75, 3.05) is 34.9 Å². The van der Waals surface area contributed by atoms with Gasteiger partial charge in [0.2, 0.25) is 11.8 Å². The molecule has 0 aliphatic carbocycles. The molecule has 1 aliphatic heterocycles. The number of nitrogens with one attached hydrogen (secondary N) is 2. The fraction of sp³-hybridized carbons (Fsp3) is 0.286. The van der Waals surface area contributed by atoms with Crippen molar-refractivity contribution in [1.82, 2.24) is 9.88 Å². The summed E-state index contributed by atoms with van der Waals surface area (Å²) in [5.74, 6) is 0.766. The number of hydrogen-bond donors (Lipinski definition) is 2. The average Bonchev–Trinajstić information content (AvgIpc) is 3.01. The third-order valence-electron chi connectivity index (χ3n) is 7.48. The third kappa shape index (κ3) is 10.3. The van der Waals surface area contributed by atoms with Crippen molar-refractivity contribution in [2.45, 2.75) is 45.5 Å². The van der Waals surface area contributed by atoms with Gasteiger partial charge in [-0.1, -0.05) is 55.4 Å². The van der Waals surface area contributed by atoms with Crippen molar-refractivity contribution >= 4 is 50.4 Å². The van der Waals surface area contributed by atoms with Gasteiger partial charge < -0.3 is 15.4 Å². The van der Waals surface area contributed by atoms with Gasteiger partial charge in [0.1, 0.15) is 5.75 Å². The maximum absolute atomic E-state index is 13.7. The van der Waals surface area contributed by atoms with E-state index in [0.717, 1.165) is 37.2 Å². The van der Waals surface area contributed by atoms with E-state index in [9.17, 15) is 18.0 Å². The summed E-state index contributed by atoms with van der Waals surface area (Å²) in [7, 11) is -3.10. The first-order valence-corrected chi connectivity index (χ1v) is 17.3. The first-order chi connectivity index (χ1) is 22.0. The molecule has 1 saturated heterocycles. The second-order valence-corrected chi connectivity index (χ2v) is 13.9. The Morgan fingerprint density at radius 3 is 2.26 bits per heavy atom. The zero-order valence-electron chi connectivity index (χ0n) is 25.6. The number of piperidine rings is 1. The van der Waals surface area contributed by atoms with Gasteiger partial charge in [-0.05, 0) is 66.4 Å². The van der Waals surface area contributed by atoms with Crippen LogP contribution in [0.2, 0.25) is 5.02 Å². The van der Waals surface area contributed by atoms with Crippen LogP contribution in [0.5, 0.6) is 11.6 Å². The predicted molar refractivity (Wildman–Crippen MR) is 188 cm³/mol. The third-order valence-corrected chi connectivity index (χ3v) is 8.67. The van der Waals surface area contributed by atoms with Gasteiger partial charge in [0, 0.05) is 62.5 Å². The topological polar surface area (TPSA) is 121 Å². The van der Waals surface area contributed by atoms with Crippen molar-refractivity contribution in [3.05, 3.63) is 107 Å². The highest BCUT2D eigenvalue weighted by Crippen LogP contribution is 2.29. The number of para-hydroxylation sites is 1. The number of anilines is 3. The monoisotopic (exact) mass is 677 g/mol. The van der Waals surface area contributed by atoms with E-state index in [4.69, 9.17) is 16.3 Å². The number of carbonyl (C=O) groups is 2. The summed E-state index contributed by atoms with van der Waals surface area (Å²) < 4.78 is 28.9. The molecule has 2 N–H and O–H groups in total. The Balaban J connectivity index is 0.00000500. The largest absolute Gasteiger partial charge is 0.439 e. The first kappa shape index (κ1) is 35.4. The molecule has 0 saturated carbocycles. The molecule has 0 radical (unpaired) electrons. The minimum absolute atomic E-state index is 0. The number of hydrogen-bond acceptors (Lipinski definition) is 7. The van der Waals surface area contributed by atoms with Crippen LogP contribution in [0.1, 0.15) is 38.3 Å². The van der Waals surface area contributed by atoms with Crippen molar-refractivity contribution in [3.8, 4) is 11.6 Å². The summed E-state index contributed by atoms with van der Waals surface area (Å²) in [5, 5.41) is 6.06. The van der Waals surface area contributed by atoms with Gasteiger partial charge in [0.05, 0.1) is 16.5 Å². The van der Waals surface area contributed by atoms with Crippen LogP contribution in [0.3, 0.4) is 0 Å². The maximum atomic E-state index is 13.7. The second-order valence-electron chi connectivity index (χ2n) is 11.3. The Morgan fingerprint density at radius 1 is 0.957 bits per heavy atom. The highest BCUT2D eigenvalue weighted by atomic mass is 35.5. The normalized spacial score (nSPS) is 13.7. The van der Waals surface area contributed by atoms with Gasteiger partial charge in [-0.15, -0.1) is 0 Å². The Bertz CT molecular complexity index is 1760. The molecule has 0 unspecified atom stereocenters. The van der Waals surface area contributed by atoms with Crippen LogP contribution in [-0.4, -0.2) is 55.6 Å². The Kier molecular flexibility index (Phi) is 12.0. The second kappa shape index (κ2) is 15.9. The number of nitrogens with zero attached hydrogens (tertiary/aromatic N) is 3. The van der Waals surface area contributed by atoms with Crippen molar-refractivity contribution in [1.29, 1.82) is 0 Å². The molecule has 5 rings (SSSR count). The molecule has 0 spiro atoms. The highest BCUT2D eigenvalue weighted by Gasteiger charge is 2.29. The average molecular weight is 678 g/mol. The summed E-state index contributed by atoms with van der Waals surface area (Å²) in [6, 6.07) is 25.1. The fourth-order valence-electron chi connectivity index (χ4n) is 5.39. The van der Waals surface area contributed by atoms with Gasteiger partial charge in [-0.3, -0.25) is 14.6 Å². The molecular weight excluding hydrogens is 638 g/mol. The Hall–Kier alpha value is -4.45. The van der Waals surface area contributed by atoms with Gasteiger partial charge in [0.25, 0.3) is 0 Å². The van der Waals surface area contributed by atoms with Crippen LogP contribution >= 0.6 is 11.6 Å². The Morgan fingerprint density at radius 2 is 1.64 bits per heavy atom. The lowest BCUT2D eigenvalue weighted by Crippen LogP contribution is -2.49. The van der Waals surface area contributed by atoms with E-state index < -0.39 is 9.84 Å². The quantitative estimate of drug-likeness (QED) is 0.180. The van der Waals surface area contributed by atoms with Gasteiger partial charge in [0.15, 0.2) is 9.84 Å². The molecule has 2 heterocycles. The zero-order chi connectivity index (χ0) is 32.7. The molecular formula is C35H40ClN5O5S. The van der Waals surface area contributed by atoms with Gasteiger partial charge in [-0.2, -0.15) is 0 Å². The van der Waals surface area contributed by atoms with E-state index in [-0.39, 0.29) is 31.2 Å². The summed E-state index contributed by atoms with van der Waals surface area (Å²) in [6.45, 7) is 3.72. The van der Waals surface area contributed by atoms with Crippen LogP contribution < -0.4 is 20.3 Å². The van der Waals surface area contributed by atoms with Crippen molar-refractivity contribution < 1.29 is 22.7 Å². The minimum atomic E-state index is -3.10. The van der Waals surface area contributed by atoms with E-state index in [2.05, 4.69) is 20.5 Å². The maximum Gasteiger partial charge on any atom is 0.326 e. The van der Waals surface area contributed by atoms with E-state index in [1.807, 2.05) is 47.4 Å². The number of urea groups is 1. The number of pyridine rings is 1. The smallest absolute Gasteiger partial charge is 0.326 e. The summed E-state index contributed by atoms with van der Waals surface area (Å²) >= 11 is 6.22. The summed E-state index contributed by atoms with van der Waals surface area (Å²) in [5.41, 5.74) is 3.51. The summed E-state index contributed by atoms with van der Waals surface area (Å²) in [4.78, 5) is 33.9. The number of rotatable bonds is 10. The number of ether oxygens (including phenoxy) is 1. The molecule has 1 aromatic heterocycles. The van der Waals surface area contributed by atoms with Gasteiger partial charge in [-0.25, -0.2) is 18.2 Å². The fourth-order valence-corrected chi connectivity index (χ4v) is 6.35. The molecule has 3 aromatic carbocycles. The lowest BCUT2D eigenvalue weighted by atomic mass is 10.0. The van der Waals surface area contributed by atoms with Crippen LogP contribution in [0, 0.1) is 0 Å². The predicted octanol–water partition coefficient (Wildman–Crippen LogP) is 7.37. The van der Waals surface area contributed by atoms with E-state index in [0.29, 0.717) is 40.1 Å². The molecule has 0 bridgehead atoms. The molecule has 3 amide bonds. The lowest BCUT2D eigenvalue weighted by Gasteiger charge is -2.38. The van der Waals surface area contributed by atoms with E-state index >= 15 is 0 Å². The van der Waals surface area contributed by atoms with Crippen molar-refractivity contribution in [2.24, 2.45) is 0 Å². The zero-order valence-corrected chi connectivity index (χ0v) is 27.2. The van der Waals surface area contributed by atoms with Crippen LogP contribution in [-0.2, 0) is 26.9 Å². The van der Waals surface area contributed by atoms with E-state index in [1.54, 1.807) is 48.7 Å². The molecule has 0 atom stereocenters. The number of benzene rings is 3. The molecule has 47 heavy (non-hydrogen) atoms. The number of aromatic nitrogens is 1. The standard InChI is InChI=1S/C34H36ClN5O5S.CH4/c1-24(41)37-32-20-27(11-14-31(32)35)38-34(42)40(28-6-4-3-5-7-28)29-16-18-39(19-17-29)22-26-10-15-33(36-21-26)45-30-12-8-25(9-13-30)23-46(2,43)44;/h3-15,20-21,29H,16-19,22-23H2,1-2H3,(H,37,41)(H,38,42);1H4. The molecule has 4 aromatic rings. The number of amides is 3. The molecule has 10 nitrogen and oxygen atoms in total. The lowest BCUT2D eigenvalue weighted by molar-refractivity contribution is -0.114. The van der Waals surface area contributed by atoms with Gasteiger partial charge >= 0.3 is 6.03 Å². The highest BCUT2D eigenvalue weighted by molar-refractivity contribution is 7.89. The number of likely N-dealkylation sites (tertiary alicyclic amines) is 1. The molecule has 248 valence electrons. The van der Waals surface area contributed by atoms with Crippen LogP contribution in [0.25, 0.3) is 0 Å². The van der Waals surface area contributed by atoms with E-state index in [1.165, 1.54) is 13.2 Å². The van der Waals surface area contributed by atoms with Crippen LogP contribution in [0.4, 0.5) is 21.9 Å². The first-order valence-electron chi connectivity index (χ1n) is 14.9. The SMILES string of the molecule is C.CC(=O)Nc1cc(NC(=O)N(c2ccccc2)C2CCN(Cc3ccc(Oc4ccc(CS(C)(=O)=O)cc4)nc3)CC2)ccc1Cl. The molecule has 12 heteroatoms. The number of sulfone groups is 1.